The van der Waals surface area contributed by atoms with Gasteiger partial charge in [-0.15, -0.1) is 0 Å². The fraction of sp³-hybridized carbons (Fsp3) is 0.350. The van der Waals surface area contributed by atoms with Crippen molar-refractivity contribution in [2.75, 3.05) is 23.3 Å². The zero-order valence-electron chi connectivity index (χ0n) is 14.1. The van der Waals surface area contributed by atoms with Gasteiger partial charge in [0.05, 0.1) is 6.54 Å². The first-order chi connectivity index (χ1) is 11.0. The SMILES string of the molecule is CC(C)(C)c1ccccc1NCC(=O)N1CCc2ccccc21. The number of carbonyl (C=O) groups excluding carboxylic acids is 1. The minimum absolute atomic E-state index is 0.0485. The lowest BCUT2D eigenvalue weighted by Crippen LogP contribution is -2.34. The van der Waals surface area contributed by atoms with Gasteiger partial charge < -0.3 is 10.2 Å². The molecule has 0 fully saturated rings. The number of benzene rings is 2. The second-order valence-electron chi connectivity index (χ2n) is 7.07. The van der Waals surface area contributed by atoms with Crippen molar-refractivity contribution in [2.45, 2.75) is 32.6 Å². The van der Waals surface area contributed by atoms with Crippen molar-refractivity contribution in [1.29, 1.82) is 0 Å². The molecule has 1 heterocycles. The molecule has 3 rings (SSSR count). The molecule has 2 aromatic carbocycles. The van der Waals surface area contributed by atoms with Gasteiger partial charge in [0.25, 0.3) is 0 Å². The van der Waals surface area contributed by atoms with Gasteiger partial charge in [-0.3, -0.25) is 4.79 Å². The highest BCUT2D eigenvalue weighted by Gasteiger charge is 2.24. The van der Waals surface area contributed by atoms with Gasteiger partial charge in [-0.25, -0.2) is 0 Å². The summed E-state index contributed by atoms with van der Waals surface area (Å²) in [4.78, 5) is 14.5. The summed E-state index contributed by atoms with van der Waals surface area (Å²) < 4.78 is 0. The monoisotopic (exact) mass is 308 g/mol. The topological polar surface area (TPSA) is 32.3 Å². The number of carbonyl (C=O) groups is 1. The van der Waals surface area contributed by atoms with Crippen molar-refractivity contribution in [3.63, 3.8) is 0 Å². The molecule has 3 heteroatoms. The molecule has 0 aliphatic carbocycles. The van der Waals surface area contributed by atoms with E-state index in [9.17, 15) is 4.79 Å². The summed E-state index contributed by atoms with van der Waals surface area (Å²) in [5.74, 6) is 0.124. The molecule has 0 saturated carbocycles. The van der Waals surface area contributed by atoms with E-state index in [0.717, 1.165) is 24.3 Å². The summed E-state index contributed by atoms with van der Waals surface area (Å²) in [6.07, 6.45) is 0.945. The van der Waals surface area contributed by atoms with Crippen LogP contribution in [0.25, 0.3) is 0 Å². The summed E-state index contributed by atoms with van der Waals surface area (Å²) in [5, 5.41) is 3.34. The van der Waals surface area contributed by atoms with Crippen LogP contribution in [0.5, 0.6) is 0 Å². The van der Waals surface area contributed by atoms with E-state index in [1.807, 2.05) is 41.3 Å². The number of hydrogen-bond donors (Lipinski definition) is 1. The predicted octanol–water partition coefficient (Wildman–Crippen LogP) is 3.99. The maximum Gasteiger partial charge on any atom is 0.246 e. The summed E-state index contributed by atoms with van der Waals surface area (Å²) in [6, 6.07) is 16.4. The molecule has 0 atom stereocenters. The Balaban J connectivity index is 1.72. The van der Waals surface area contributed by atoms with E-state index in [4.69, 9.17) is 0 Å². The molecule has 0 radical (unpaired) electrons. The Kier molecular flexibility index (Phi) is 4.12. The van der Waals surface area contributed by atoms with Gasteiger partial charge in [-0.05, 0) is 35.1 Å². The van der Waals surface area contributed by atoms with E-state index in [2.05, 4.69) is 38.2 Å². The molecule has 1 amide bonds. The van der Waals surface area contributed by atoms with Crippen LogP contribution in [0.3, 0.4) is 0 Å². The first kappa shape index (κ1) is 15.6. The lowest BCUT2D eigenvalue weighted by Gasteiger charge is -2.24. The first-order valence-corrected chi connectivity index (χ1v) is 8.18. The molecule has 0 bridgehead atoms. The maximum atomic E-state index is 12.6. The van der Waals surface area contributed by atoms with E-state index < -0.39 is 0 Å². The van der Waals surface area contributed by atoms with Crippen LogP contribution in [0.1, 0.15) is 31.9 Å². The molecule has 0 aromatic heterocycles. The zero-order chi connectivity index (χ0) is 16.4. The number of fused-ring (bicyclic) bond motifs is 1. The Morgan fingerprint density at radius 2 is 1.78 bits per heavy atom. The van der Waals surface area contributed by atoms with Crippen molar-refractivity contribution < 1.29 is 4.79 Å². The summed E-state index contributed by atoms with van der Waals surface area (Å²) in [6.45, 7) is 7.66. The second kappa shape index (κ2) is 6.07. The van der Waals surface area contributed by atoms with Gasteiger partial charge in [0, 0.05) is 17.9 Å². The molecule has 1 aliphatic rings. The average molecular weight is 308 g/mol. The van der Waals surface area contributed by atoms with Crippen molar-refractivity contribution >= 4 is 17.3 Å². The highest BCUT2D eigenvalue weighted by Crippen LogP contribution is 2.30. The van der Waals surface area contributed by atoms with Gasteiger partial charge in [-0.2, -0.15) is 0 Å². The highest BCUT2D eigenvalue weighted by molar-refractivity contribution is 5.98. The number of hydrogen-bond acceptors (Lipinski definition) is 2. The van der Waals surface area contributed by atoms with E-state index in [1.54, 1.807) is 0 Å². The molecule has 23 heavy (non-hydrogen) atoms. The lowest BCUT2D eigenvalue weighted by atomic mass is 9.86. The van der Waals surface area contributed by atoms with E-state index in [0.29, 0.717) is 6.54 Å². The van der Waals surface area contributed by atoms with E-state index >= 15 is 0 Å². The Morgan fingerprint density at radius 1 is 1.09 bits per heavy atom. The summed E-state index contributed by atoms with van der Waals surface area (Å²) >= 11 is 0. The van der Waals surface area contributed by atoms with Crippen LogP contribution in [-0.4, -0.2) is 19.0 Å². The second-order valence-corrected chi connectivity index (χ2v) is 7.07. The Morgan fingerprint density at radius 3 is 2.57 bits per heavy atom. The van der Waals surface area contributed by atoms with Gasteiger partial charge in [0.1, 0.15) is 0 Å². The van der Waals surface area contributed by atoms with Crippen LogP contribution >= 0.6 is 0 Å². The standard InChI is InChI=1S/C20H24N2O/c1-20(2,3)16-9-5-6-10-17(16)21-14-19(23)22-13-12-15-8-4-7-11-18(15)22/h4-11,21H,12-14H2,1-3H3. The number of nitrogens with zero attached hydrogens (tertiary/aromatic N) is 1. The minimum atomic E-state index is 0.0485. The fourth-order valence-electron chi connectivity index (χ4n) is 3.15. The van der Waals surface area contributed by atoms with Crippen LogP contribution in [0.2, 0.25) is 0 Å². The molecule has 0 saturated heterocycles. The molecular weight excluding hydrogens is 284 g/mol. The number of amides is 1. The fourth-order valence-corrected chi connectivity index (χ4v) is 3.15. The highest BCUT2D eigenvalue weighted by atomic mass is 16.2. The average Bonchev–Trinajstić information content (AvgIpc) is 2.96. The molecule has 0 spiro atoms. The first-order valence-electron chi connectivity index (χ1n) is 8.18. The molecule has 1 aliphatic heterocycles. The van der Waals surface area contributed by atoms with Crippen LogP contribution in [-0.2, 0) is 16.6 Å². The molecule has 0 unspecified atom stereocenters. The van der Waals surface area contributed by atoms with Gasteiger partial charge in [0.2, 0.25) is 5.91 Å². The van der Waals surface area contributed by atoms with Crippen molar-refractivity contribution in [1.82, 2.24) is 0 Å². The normalized spacial score (nSPS) is 13.8. The van der Waals surface area contributed by atoms with E-state index in [-0.39, 0.29) is 11.3 Å². The van der Waals surface area contributed by atoms with Crippen LogP contribution in [0, 0.1) is 0 Å². The molecule has 3 nitrogen and oxygen atoms in total. The van der Waals surface area contributed by atoms with Crippen LogP contribution in [0.4, 0.5) is 11.4 Å². The molecular formula is C20H24N2O. The Bertz CT molecular complexity index is 716. The third kappa shape index (κ3) is 3.24. The number of para-hydroxylation sites is 2. The van der Waals surface area contributed by atoms with Crippen LogP contribution < -0.4 is 10.2 Å². The minimum Gasteiger partial charge on any atom is -0.376 e. The van der Waals surface area contributed by atoms with Gasteiger partial charge in [-0.1, -0.05) is 57.2 Å². The molecule has 2 aromatic rings. The number of anilines is 2. The van der Waals surface area contributed by atoms with Crippen molar-refractivity contribution in [2.24, 2.45) is 0 Å². The van der Waals surface area contributed by atoms with Gasteiger partial charge in [0.15, 0.2) is 0 Å². The predicted molar refractivity (Wildman–Crippen MR) is 96.1 cm³/mol. The third-order valence-electron chi connectivity index (χ3n) is 4.35. The zero-order valence-corrected chi connectivity index (χ0v) is 14.1. The number of rotatable bonds is 3. The third-order valence-corrected chi connectivity index (χ3v) is 4.35. The van der Waals surface area contributed by atoms with Crippen LogP contribution in [0.15, 0.2) is 48.5 Å². The number of nitrogens with one attached hydrogen (secondary N) is 1. The summed E-state index contributed by atoms with van der Waals surface area (Å²) in [7, 11) is 0. The Hall–Kier alpha value is -2.29. The smallest absolute Gasteiger partial charge is 0.246 e. The Labute approximate surface area is 138 Å². The molecule has 1 N–H and O–H groups in total. The lowest BCUT2D eigenvalue weighted by molar-refractivity contribution is -0.116. The summed E-state index contributed by atoms with van der Waals surface area (Å²) in [5.41, 5.74) is 4.64. The van der Waals surface area contributed by atoms with Crippen molar-refractivity contribution in [3.05, 3.63) is 59.7 Å². The van der Waals surface area contributed by atoms with Crippen molar-refractivity contribution in [3.8, 4) is 0 Å². The largest absolute Gasteiger partial charge is 0.376 e. The maximum absolute atomic E-state index is 12.6. The quantitative estimate of drug-likeness (QED) is 0.930. The molecule has 120 valence electrons. The van der Waals surface area contributed by atoms with E-state index in [1.165, 1.54) is 11.1 Å². The van der Waals surface area contributed by atoms with Gasteiger partial charge >= 0.3 is 0 Å².